The van der Waals surface area contributed by atoms with Gasteiger partial charge in [-0.2, -0.15) is 0 Å². The summed E-state index contributed by atoms with van der Waals surface area (Å²) >= 11 is 0. The number of rotatable bonds is 9. The van der Waals surface area contributed by atoms with E-state index in [4.69, 9.17) is 9.47 Å². The molecule has 0 unspecified atom stereocenters. The van der Waals surface area contributed by atoms with Crippen molar-refractivity contribution < 1.29 is 23.9 Å². The second-order valence-corrected chi connectivity index (χ2v) is 6.51. The molecular formula is C22H25NO5. The summed E-state index contributed by atoms with van der Waals surface area (Å²) in [5.41, 5.74) is 2.34. The molecule has 2 aromatic carbocycles. The summed E-state index contributed by atoms with van der Waals surface area (Å²) in [7, 11) is 0. The second kappa shape index (κ2) is 10.3. The van der Waals surface area contributed by atoms with Gasteiger partial charge in [0.15, 0.2) is 19.0 Å². The van der Waals surface area contributed by atoms with Gasteiger partial charge < -0.3 is 14.8 Å². The Morgan fingerprint density at radius 1 is 1.04 bits per heavy atom. The molecule has 0 aliphatic rings. The van der Waals surface area contributed by atoms with Crippen LogP contribution in [0.2, 0.25) is 0 Å². The summed E-state index contributed by atoms with van der Waals surface area (Å²) in [5.74, 6) is -0.349. The number of carbonyl (C=O) groups is 3. The zero-order chi connectivity index (χ0) is 20.5. The summed E-state index contributed by atoms with van der Waals surface area (Å²) in [6.07, 6.45) is 1.04. The normalized spacial score (nSPS) is 11.4. The first kappa shape index (κ1) is 21.2. The molecule has 2 aromatic rings. The number of hydrogen-bond acceptors (Lipinski definition) is 5. The molecule has 0 saturated carbocycles. The Labute approximate surface area is 164 Å². The number of anilines is 1. The minimum Gasteiger partial charge on any atom is -0.482 e. The minimum atomic E-state index is -0.671. The third-order valence-electron chi connectivity index (χ3n) is 4.34. The van der Waals surface area contributed by atoms with Crippen LogP contribution in [-0.2, 0) is 14.3 Å². The van der Waals surface area contributed by atoms with Crippen molar-refractivity contribution in [2.24, 2.45) is 0 Å². The maximum absolute atomic E-state index is 11.9. The molecule has 28 heavy (non-hydrogen) atoms. The van der Waals surface area contributed by atoms with Gasteiger partial charge in [0, 0.05) is 11.3 Å². The number of ketones is 1. The molecule has 0 fully saturated rings. The fraction of sp³-hybridized carbons (Fsp3) is 0.318. The predicted molar refractivity (Wildman–Crippen MR) is 107 cm³/mol. The number of amides is 1. The summed E-state index contributed by atoms with van der Waals surface area (Å²) < 4.78 is 10.2. The van der Waals surface area contributed by atoms with Crippen molar-refractivity contribution in [3.05, 3.63) is 59.7 Å². The Morgan fingerprint density at radius 2 is 1.75 bits per heavy atom. The summed E-state index contributed by atoms with van der Waals surface area (Å²) in [5, 5.41) is 2.68. The minimum absolute atomic E-state index is 0.0955. The lowest BCUT2D eigenvalue weighted by atomic mass is 9.99. The van der Waals surface area contributed by atoms with Gasteiger partial charge in [-0.25, -0.2) is 4.79 Å². The number of ether oxygens (including phenoxy) is 2. The highest BCUT2D eigenvalue weighted by Gasteiger charge is 2.10. The van der Waals surface area contributed by atoms with E-state index < -0.39 is 18.5 Å². The third-order valence-corrected chi connectivity index (χ3v) is 4.34. The van der Waals surface area contributed by atoms with Crippen molar-refractivity contribution >= 4 is 23.3 Å². The summed E-state index contributed by atoms with van der Waals surface area (Å²) in [6.45, 7) is 4.97. The zero-order valence-corrected chi connectivity index (χ0v) is 16.4. The number of Topliss-reactive ketones (excluding diaryl/α,β-unsaturated/α-hetero) is 1. The zero-order valence-electron chi connectivity index (χ0n) is 16.4. The summed E-state index contributed by atoms with van der Waals surface area (Å²) in [4.78, 5) is 35.0. The molecule has 0 radical (unpaired) electrons. The van der Waals surface area contributed by atoms with Crippen molar-refractivity contribution in [1.82, 2.24) is 0 Å². The van der Waals surface area contributed by atoms with Gasteiger partial charge in [0.25, 0.3) is 5.91 Å². The van der Waals surface area contributed by atoms with Crippen LogP contribution < -0.4 is 10.1 Å². The quantitative estimate of drug-likeness (QED) is 0.523. The largest absolute Gasteiger partial charge is 0.482 e. The van der Waals surface area contributed by atoms with Crippen LogP contribution in [0.5, 0.6) is 5.75 Å². The molecule has 0 aliphatic carbocycles. The first-order chi connectivity index (χ1) is 13.4. The lowest BCUT2D eigenvalue weighted by Crippen LogP contribution is -2.23. The van der Waals surface area contributed by atoms with Crippen molar-refractivity contribution in [2.45, 2.75) is 33.1 Å². The average molecular weight is 383 g/mol. The fourth-order valence-corrected chi connectivity index (χ4v) is 2.46. The van der Waals surface area contributed by atoms with Crippen molar-refractivity contribution in [3.8, 4) is 5.75 Å². The van der Waals surface area contributed by atoms with E-state index in [0.717, 1.165) is 6.42 Å². The molecule has 6 nitrogen and oxygen atoms in total. The van der Waals surface area contributed by atoms with Crippen LogP contribution in [0.3, 0.4) is 0 Å². The van der Waals surface area contributed by atoms with Crippen LogP contribution in [0, 0.1) is 0 Å². The molecule has 0 aliphatic heterocycles. The third kappa shape index (κ3) is 6.54. The summed E-state index contributed by atoms with van der Waals surface area (Å²) in [6, 6.07) is 14.1. The van der Waals surface area contributed by atoms with Gasteiger partial charge in [-0.05, 0) is 49.1 Å². The lowest BCUT2D eigenvalue weighted by molar-refractivity contribution is -0.149. The van der Waals surface area contributed by atoms with Crippen molar-refractivity contribution in [2.75, 3.05) is 18.5 Å². The molecule has 0 bridgehead atoms. The highest BCUT2D eigenvalue weighted by molar-refractivity contribution is 5.94. The maximum atomic E-state index is 11.9. The molecule has 0 saturated heterocycles. The fourth-order valence-electron chi connectivity index (χ4n) is 2.46. The highest BCUT2D eigenvalue weighted by atomic mass is 16.6. The number of carbonyl (C=O) groups excluding carboxylic acids is 3. The van der Waals surface area contributed by atoms with Gasteiger partial charge in [-0.3, -0.25) is 9.59 Å². The van der Waals surface area contributed by atoms with E-state index in [1.807, 2.05) is 24.3 Å². The van der Waals surface area contributed by atoms with Crippen LogP contribution in [0.1, 0.15) is 49.0 Å². The van der Waals surface area contributed by atoms with E-state index in [1.165, 1.54) is 12.5 Å². The van der Waals surface area contributed by atoms with Gasteiger partial charge >= 0.3 is 5.97 Å². The molecule has 6 heteroatoms. The predicted octanol–water partition coefficient (Wildman–Crippen LogP) is 3.96. The Hall–Kier alpha value is -3.15. The number of nitrogens with one attached hydrogen (secondary N) is 1. The van der Waals surface area contributed by atoms with E-state index >= 15 is 0 Å². The first-order valence-corrected chi connectivity index (χ1v) is 9.18. The van der Waals surface area contributed by atoms with E-state index in [0.29, 0.717) is 22.9 Å². The number of hydrogen-bond donors (Lipinski definition) is 1. The van der Waals surface area contributed by atoms with Crippen LogP contribution in [-0.4, -0.2) is 30.9 Å². The number of benzene rings is 2. The molecule has 1 atom stereocenters. The van der Waals surface area contributed by atoms with Crippen molar-refractivity contribution in [1.29, 1.82) is 0 Å². The Morgan fingerprint density at radius 3 is 2.39 bits per heavy atom. The molecular weight excluding hydrogens is 358 g/mol. The van der Waals surface area contributed by atoms with E-state index in [9.17, 15) is 14.4 Å². The molecule has 2 rings (SSSR count). The van der Waals surface area contributed by atoms with Crippen LogP contribution in [0.25, 0.3) is 0 Å². The van der Waals surface area contributed by atoms with Gasteiger partial charge in [0.1, 0.15) is 5.75 Å². The molecule has 0 aromatic heterocycles. The standard InChI is InChI=1S/C22H25NO5/c1-4-15(2)17-8-10-19(11-9-17)23-21(25)13-28-22(26)14-27-20-7-5-6-18(12-20)16(3)24/h5-12,15H,4,13-14H2,1-3H3,(H,23,25)/t15-/m0/s1. The average Bonchev–Trinajstić information content (AvgIpc) is 2.71. The van der Waals surface area contributed by atoms with E-state index in [1.54, 1.807) is 24.3 Å². The SMILES string of the molecule is CC[C@H](C)c1ccc(NC(=O)COC(=O)COc2cccc(C(C)=O)c2)cc1. The van der Waals surface area contributed by atoms with E-state index in [2.05, 4.69) is 19.2 Å². The van der Waals surface area contributed by atoms with Gasteiger partial charge in [0.05, 0.1) is 0 Å². The van der Waals surface area contributed by atoms with Gasteiger partial charge in [0.2, 0.25) is 0 Å². The first-order valence-electron chi connectivity index (χ1n) is 9.18. The van der Waals surface area contributed by atoms with Crippen molar-refractivity contribution in [3.63, 3.8) is 0 Å². The van der Waals surface area contributed by atoms with Crippen LogP contribution in [0.15, 0.2) is 48.5 Å². The lowest BCUT2D eigenvalue weighted by Gasteiger charge is -2.11. The maximum Gasteiger partial charge on any atom is 0.344 e. The second-order valence-electron chi connectivity index (χ2n) is 6.51. The topological polar surface area (TPSA) is 81.7 Å². The molecule has 0 spiro atoms. The van der Waals surface area contributed by atoms with Crippen LogP contribution in [0.4, 0.5) is 5.69 Å². The molecule has 148 valence electrons. The van der Waals surface area contributed by atoms with Gasteiger partial charge in [-0.1, -0.05) is 38.1 Å². The van der Waals surface area contributed by atoms with E-state index in [-0.39, 0.29) is 12.4 Å². The molecule has 0 heterocycles. The van der Waals surface area contributed by atoms with Crippen LogP contribution >= 0.6 is 0 Å². The smallest absolute Gasteiger partial charge is 0.344 e. The molecule has 1 N–H and O–H groups in total. The number of esters is 1. The Balaban J connectivity index is 1.75. The molecule has 1 amide bonds. The van der Waals surface area contributed by atoms with Gasteiger partial charge in [-0.15, -0.1) is 0 Å². The highest BCUT2D eigenvalue weighted by Crippen LogP contribution is 2.20. The monoisotopic (exact) mass is 383 g/mol. The Bertz CT molecular complexity index is 829. The Kier molecular flexibility index (Phi) is 7.75.